The van der Waals surface area contributed by atoms with Crippen LogP contribution in [0.4, 0.5) is 0 Å². The molecule has 0 amide bonds. The molecule has 0 saturated carbocycles. The zero-order valence-electron chi connectivity index (χ0n) is 12.2. The lowest BCUT2D eigenvalue weighted by Gasteiger charge is -2.27. The van der Waals surface area contributed by atoms with Gasteiger partial charge in [0, 0.05) is 19.1 Å². The first-order valence-corrected chi connectivity index (χ1v) is 7.23. The molecule has 0 radical (unpaired) electrons. The summed E-state index contributed by atoms with van der Waals surface area (Å²) in [7, 11) is 4.53. The summed E-state index contributed by atoms with van der Waals surface area (Å²) >= 11 is 0. The first kappa shape index (κ1) is 14.9. The molecule has 0 aromatic heterocycles. The van der Waals surface area contributed by atoms with E-state index < -0.39 is 0 Å². The zero-order chi connectivity index (χ0) is 12.7. The lowest BCUT2D eigenvalue weighted by molar-refractivity contribution is 0.202. The van der Waals surface area contributed by atoms with Crippen molar-refractivity contribution >= 4 is 0 Å². The first-order valence-electron chi connectivity index (χ1n) is 7.23. The van der Waals surface area contributed by atoms with Crippen molar-refractivity contribution in [3.8, 4) is 0 Å². The van der Waals surface area contributed by atoms with Crippen molar-refractivity contribution in [1.82, 2.24) is 15.1 Å². The van der Waals surface area contributed by atoms with Gasteiger partial charge in [-0.05, 0) is 58.9 Å². The van der Waals surface area contributed by atoms with E-state index in [0.717, 1.165) is 25.0 Å². The van der Waals surface area contributed by atoms with Crippen LogP contribution in [-0.4, -0.2) is 62.7 Å². The maximum Gasteiger partial charge on any atom is 0.0220 e. The molecule has 0 aromatic rings. The molecule has 0 aromatic carbocycles. The number of rotatable bonds is 8. The van der Waals surface area contributed by atoms with Gasteiger partial charge in [-0.2, -0.15) is 0 Å². The Kier molecular flexibility index (Phi) is 7.09. The van der Waals surface area contributed by atoms with E-state index in [4.69, 9.17) is 0 Å². The molecule has 2 unspecified atom stereocenters. The highest BCUT2D eigenvalue weighted by atomic mass is 15.2. The van der Waals surface area contributed by atoms with Crippen LogP contribution < -0.4 is 5.32 Å². The van der Waals surface area contributed by atoms with E-state index in [9.17, 15) is 0 Å². The summed E-state index contributed by atoms with van der Waals surface area (Å²) in [5, 5.41) is 3.51. The molecule has 0 aliphatic carbocycles. The summed E-state index contributed by atoms with van der Waals surface area (Å²) in [5.74, 6) is 0.748. The number of nitrogens with zero attached hydrogens (tertiary/aromatic N) is 2. The van der Waals surface area contributed by atoms with Gasteiger partial charge in [-0.1, -0.05) is 13.8 Å². The van der Waals surface area contributed by atoms with E-state index in [2.05, 4.69) is 43.1 Å². The average Bonchev–Trinajstić information content (AvgIpc) is 2.64. The van der Waals surface area contributed by atoms with E-state index in [1.807, 2.05) is 0 Å². The summed E-state index contributed by atoms with van der Waals surface area (Å²) < 4.78 is 0. The average molecular weight is 241 g/mol. The lowest BCUT2D eigenvalue weighted by Crippen LogP contribution is -2.39. The third kappa shape index (κ3) is 5.84. The monoisotopic (exact) mass is 241 g/mol. The Hall–Kier alpha value is -0.120. The minimum atomic E-state index is 0.748. The fourth-order valence-corrected chi connectivity index (χ4v) is 2.77. The third-order valence-corrected chi connectivity index (χ3v) is 3.74. The van der Waals surface area contributed by atoms with Crippen LogP contribution in [0.2, 0.25) is 0 Å². The second kappa shape index (κ2) is 8.06. The summed E-state index contributed by atoms with van der Waals surface area (Å²) in [4.78, 5) is 5.02. The SMILES string of the molecule is CCCNCC(C)CN(C)CC1CCCN1C. The predicted molar refractivity (Wildman–Crippen MR) is 75.5 cm³/mol. The second-order valence-electron chi connectivity index (χ2n) is 5.81. The standard InChI is InChI=1S/C14H31N3/c1-5-8-15-10-13(2)11-16(3)12-14-7-6-9-17(14)4/h13-15H,5-12H2,1-4H3. The van der Waals surface area contributed by atoms with Crippen LogP contribution in [0.5, 0.6) is 0 Å². The Balaban J connectivity index is 2.12. The van der Waals surface area contributed by atoms with Crippen LogP contribution in [-0.2, 0) is 0 Å². The summed E-state index contributed by atoms with van der Waals surface area (Å²) in [6.07, 6.45) is 3.99. The normalized spacial score (nSPS) is 23.5. The maximum atomic E-state index is 3.51. The van der Waals surface area contributed by atoms with Gasteiger partial charge in [0.1, 0.15) is 0 Å². The Morgan fingerprint density at radius 1 is 1.47 bits per heavy atom. The van der Waals surface area contributed by atoms with Crippen molar-refractivity contribution in [2.45, 2.75) is 39.2 Å². The molecule has 1 aliphatic rings. The molecule has 3 heteroatoms. The first-order chi connectivity index (χ1) is 8.13. The highest BCUT2D eigenvalue weighted by molar-refractivity contribution is 4.79. The van der Waals surface area contributed by atoms with Gasteiger partial charge in [0.15, 0.2) is 0 Å². The van der Waals surface area contributed by atoms with Gasteiger partial charge < -0.3 is 15.1 Å². The number of hydrogen-bond donors (Lipinski definition) is 1. The van der Waals surface area contributed by atoms with Gasteiger partial charge in [0.05, 0.1) is 0 Å². The highest BCUT2D eigenvalue weighted by Gasteiger charge is 2.22. The van der Waals surface area contributed by atoms with Gasteiger partial charge >= 0.3 is 0 Å². The van der Waals surface area contributed by atoms with E-state index >= 15 is 0 Å². The molecular weight excluding hydrogens is 210 g/mol. The van der Waals surface area contributed by atoms with Gasteiger partial charge in [0.25, 0.3) is 0 Å². The lowest BCUT2D eigenvalue weighted by atomic mass is 10.1. The van der Waals surface area contributed by atoms with Crippen LogP contribution >= 0.6 is 0 Å². The van der Waals surface area contributed by atoms with Crippen molar-refractivity contribution in [1.29, 1.82) is 0 Å². The largest absolute Gasteiger partial charge is 0.316 e. The molecule has 1 N–H and O–H groups in total. The van der Waals surface area contributed by atoms with Crippen LogP contribution in [0.1, 0.15) is 33.1 Å². The van der Waals surface area contributed by atoms with Crippen molar-refractivity contribution in [2.75, 3.05) is 46.8 Å². The third-order valence-electron chi connectivity index (χ3n) is 3.74. The molecule has 1 fully saturated rings. The quantitative estimate of drug-likeness (QED) is 0.652. The molecule has 0 spiro atoms. The topological polar surface area (TPSA) is 18.5 Å². The van der Waals surface area contributed by atoms with Crippen molar-refractivity contribution in [3.63, 3.8) is 0 Å². The maximum absolute atomic E-state index is 3.51. The second-order valence-corrected chi connectivity index (χ2v) is 5.81. The fourth-order valence-electron chi connectivity index (χ4n) is 2.77. The number of likely N-dealkylation sites (N-methyl/N-ethyl adjacent to an activating group) is 2. The van der Waals surface area contributed by atoms with E-state index in [1.54, 1.807) is 0 Å². The smallest absolute Gasteiger partial charge is 0.0220 e. The van der Waals surface area contributed by atoms with Gasteiger partial charge in [-0.15, -0.1) is 0 Å². The zero-order valence-corrected chi connectivity index (χ0v) is 12.2. The summed E-state index contributed by atoms with van der Waals surface area (Å²) in [6, 6.07) is 0.788. The minimum absolute atomic E-state index is 0.748. The molecule has 1 rings (SSSR count). The number of nitrogens with one attached hydrogen (secondary N) is 1. The van der Waals surface area contributed by atoms with E-state index in [0.29, 0.717) is 0 Å². The Morgan fingerprint density at radius 2 is 2.24 bits per heavy atom. The van der Waals surface area contributed by atoms with Crippen LogP contribution in [0.3, 0.4) is 0 Å². The molecular formula is C14H31N3. The van der Waals surface area contributed by atoms with E-state index in [1.165, 1.54) is 38.9 Å². The Bertz CT molecular complexity index is 196. The molecule has 102 valence electrons. The Morgan fingerprint density at radius 3 is 2.82 bits per heavy atom. The van der Waals surface area contributed by atoms with Crippen molar-refractivity contribution in [3.05, 3.63) is 0 Å². The van der Waals surface area contributed by atoms with Crippen LogP contribution in [0.25, 0.3) is 0 Å². The molecule has 1 saturated heterocycles. The summed E-state index contributed by atoms with van der Waals surface area (Å²) in [6.45, 7) is 10.6. The van der Waals surface area contributed by atoms with E-state index in [-0.39, 0.29) is 0 Å². The Labute approximate surface area is 108 Å². The van der Waals surface area contributed by atoms with Crippen molar-refractivity contribution < 1.29 is 0 Å². The van der Waals surface area contributed by atoms with Crippen molar-refractivity contribution in [2.24, 2.45) is 5.92 Å². The van der Waals surface area contributed by atoms with Crippen LogP contribution in [0.15, 0.2) is 0 Å². The van der Waals surface area contributed by atoms with Crippen LogP contribution in [0, 0.1) is 5.92 Å². The predicted octanol–water partition coefficient (Wildman–Crippen LogP) is 1.65. The molecule has 17 heavy (non-hydrogen) atoms. The molecule has 1 heterocycles. The number of likely N-dealkylation sites (tertiary alicyclic amines) is 1. The molecule has 0 bridgehead atoms. The minimum Gasteiger partial charge on any atom is -0.316 e. The van der Waals surface area contributed by atoms with Gasteiger partial charge in [-0.25, -0.2) is 0 Å². The summed E-state index contributed by atoms with van der Waals surface area (Å²) in [5.41, 5.74) is 0. The van der Waals surface area contributed by atoms with Gasteiger partial charge in [0.2, 0.25) is 0 Å². The van der Waals surface area contributed by atoms with Gasteiger partial charge in [-0.3, -0.25) is 0 Å². The fraction of sp³-hybridized carbons (Fsp3) is 1.00. The number of hydrogen-bond acceptors (Lipinski definition) is 3. The molecule has 2 atom stereocenters. The molecule has 1 aliphatic heterocycles. The molecule has 3 nitrogen and oxygen atoms in total. The highest BCUT2D eigenvalue weighted by Crippen LogP contribution is 2.15.